The first-order valence-electron chi connectivity index (χ1n) is 6.29. The van der Waals surface area contributed by atoms with Gasteiger partial charge in [0.15, 0.2) is 0 Å². The lowest BCUT2D eigenvalue weighted by Gasteiger charge is -2.35. The Kier molecular flexibility index (Phi) is 6.84. The van der Waals surface area contributed by atoms with Crippen LogP contribution < -0.4 is 4.72 Å². The second-order valence-electron chi connectivity index (χ2n) is 4.50. The minimum Gasteiger partial charge on any atom is -0.298 e. The van der Waals surface area contributed by atoms with E-state index in [2.05, 4.69) is 16.5 Å². The number of thioether (sulfide) groups is 1. The van der Waals surface area contributed by atoms with Crippen LogP contribution in [0.25, 0.3) is 0 Å². The zero-order valence-corrected chi connectivity index (χ0v) is 12.4. The summed E-state index contributed by atoms with van der Waals surface area (Å²) in [4.78, 5) is 2.43. The fourth-order valence-corrected chi connectivity index (χ4v) is 3.31. The van der Waals surface area contributed by atoms with Crippen molar-refractivity contribution in [1.82, 2.24) is 9.62 Å². The summed E-state index contributed by atoms with van der Waals surface area (Å²) in [6, 6.07) is 0.385. The van der Waals surface area contributed by atoms with Gasteiger partial charge < -0.3 is 0 Å². The molecular formula is C11H24N2O2S2. The smallest absolute Gasteiger partial charge is 0.208 e. The molecule has 102 valence electrons. The molecule has 6 heteroatoms. The summed E-state index contributed by atoms with van der Waals surface area (Å²) < 4.78 is 24.9. The van der Waals surface area contributed by atoms with Gasteiger partial charge in [0, 0.05) is 24.9 Å². The van der Waals surface area contributed by atoms with Crippen LogP contribution in [0.3, 0.4) is 0 Å². The minimum absolute atomic E-state index is 0.385. The van der Waals surface area contributed by atoms with Gasteiger partial charge in [0.2, 0.25) is 10.0 Å². The Labute approximate surface area is 110 Å². The number of likely N-dealkylation sites (tertiary alicyclic amines) is 1. The molecule has 1 N–H and O–H groups in total. The van der Waals surface area contributed by atoms with E-state index in [1.54, 1.807) is 0 Å². The summed E-state index contributed by atoms with van der Waals surface area (Å²) >= 11 is 1.95. The highest BCUT2D eigenvalue weighted by atomic mass is 32.2. The first-order chi connectivity index (χ1) is 8.03. The molecule has 0 saturated carbocycles. The summed E-state index contributed by atoms with van der Waals surface area (Å²) in [7, 11) is -3.05. The SMILES string of the molecule is CCSCCN1CCCC[C@H]1CNS(C)(=O)=O. The Morgan fingerprint density at radius 2 is 2.18 bits per heavy atom. The van der Waals surface area contributed by atoms with Gasteiger partial charge in [-0.25, -0.2) is 13.1 Å². The minimum atomic E-state index is -3.05. The average molecular weight is 280 g/mol. The molecule has 1 saturated heterocycles. The van der Waals surface area contributed by atoms with E-state index in [0.29, 0.717) is 12.6 Å². The number of piperidine rings is 1. The molecule has 4 nitrogen and oxygen atoms in total. The molecule has 0 radical (unpaired) electrons. The maximum Gasteiger partial charge on any atom is 0.208 e. The number of hydrogen-bond donors (Lipinski definition) is 1. The molecule has 1 aliphatic rings. The van der Waals surface area contributed by atoms with Crippen LogP contribution in [0.5, 0.6) is 0 Å². The van der Waals surface area contributed by atoms with Crippen molar-refractivity contribution in [2.24, 2.45) is 0 Å². The zero-order valence-electron chi connectivity index (χ0n) is 10.8. The average Bonchev–Trinajstić information content (AvgIpc) is 2.27. The Morgan fingerprint density at radius 1 is 1.41 bits per heavy atom. The summed E-state index contributed by atoms with van der Waals surface area (Å²) in [6.07, 6.45) is 4.80. The van der Waals surface area contributed by atoms with Crippen LogP contribution in [0.15, 0.2) is 0 Å². The van der Waals surface area contributed by atoms with E-state index < -0.39 is 10.0 Å². The molecule has 0 aliphatic carbocycles. The molecule has 0 amide bonds. The predicted molar refractivity (Wildman–Crippen MR) is 75.1 cm³/mol. The second-order valence-corrected chi connectivity index (χ2v) is 7.73. The van der Waals surface area contributed by atoms with Gasteiger partial charge in [0.05, 0.1) is 6.26 Å². The molecule has 1 rings (SSSR count). The van der Waals surface area contributed by atoms with E-state index in [-0.39, 0.29) is 0 Å². The number of nitrogens with zero attached hydrogens (tertiary/aromatic N) is 1. The van der Waals surface area contributed by atoms with E-state index in [0.717, 1.165) is 31.0 Å². The monoisotopic (exact) mass is 280 g/mol. The van der Waals surface area contributed by atoms with E-state index in [1.165, 1.54) is 19.1 Å². The molecule has 1 aliphatic heterocycles. The summed E-state index contributed by atoms with van der Waals surface area (Å²) in [6.45, 7) is 4.92. The molecule has 1 heterocycles. The van der Waals surface area contributed by atoms with E-state index in [4.69, 9.17) is 0 Å². The highest BCUT2D eigenvalue weighted by Gasteiger charge is 2.22. The van der Waals surface area contributed by atoms with Gasteiger partial charge in [0.25, 0.3) is 0 Å². The number of hydrogen-bond acceptors (Lipinski definition) is 4. The third-order valence-corrected chi connectivity index (χ3v) is 4.63. The van der Waals surface area contributed by atoms with Gasteiger partial charge in [-0.3, -0.25) is 4.90 Å². The summed E-state index contributed by atoms with van der Waals surface area (Å²) in [5, 5.41) is 0. The largest absolute Gasteiger partial charge is 0.298 e. The topological polar surface area (TPSA) is 49.4 Å². The van der Waals surface area contributed by atoms with Crippen molar-refractivity contribution in [1.29, 1.82) is 0 Å². The summed E-state index contributed by atoms with van der Waals surface area (Å²) in [5.41, 5.74) is 0. The van der Waals surface area contributed by atoms with E-state index >= 15 is 0 Å². The van der Waals surface area contributed by atoms with Crippen LogP contribution in [-0.4, -0.2) is 56.8 Å². The lowest BCUT2D eigenvalue weighted by Crippen LogP contribution is -2.47. The first kappa shape index (κ1) is 15.3. The predicted octanol–water partition coefficient (Wildman–Crippen LogP) is 1.14. The number of sulfonamides is 1. The molecule has 1 fully saturated rings. The fourth-order valence-electron chi connectivity index (χ4n) is 2.16. The Bertz CT molecular complexity index is 307. The van der Waals surface area contributed by atoms with Gasteiger partial charge in [-0.2, -0.15) is 11.8 Å². The molecule has 0 spiro atoms. The molecule has 0 aromatic carbocycles. The Balaban J connectivity index is 2.37. The van der Waals surface area contributed by atoms with Crippen LogP contribution >= 0.6 is 11.8 Å². The Morgan fingerprint density at radius 3 is 2.82 bits per heavy atom. The fraction of sp³-hybridized carbons (Fsp3) is 1.00. The first-order valence-corrected chi connectivity index (χ1v) is 9.34. The quantitative estimate of drug-likeness (QED) is 0.711. The maximum absolute atomic E-state index is 11.1. The number of nitrogens with one attached hydrogen (secondary N) is 1. The molecule has 1 atom stereocenters. The molecule has 0 aromatic rings. The van der Waals surface area contributed by atoms with E-state index in [9.17, 15) is 8.42 Å². The van der Waals surface area contributed by atoms with Gasteiger partial charge in [-0.1, -0.05) is 13.3 Å². The second kappa shape index (κ2) is 7.61. The molecule has 17 heavy (non-hydrogen) atoms. The molecule has 0 bridgehead atoms. The van der Waals surface area contributed by atoms with E-state index in [1.807, 2.05) is 11.8 Å². The van der Waals surface area contributed by atoms with Crippen LogP contribution in [0.4, 0.5) is 0 Å². The van der Waals surface area contributed by atoms with Crippen molar-refractivity contribution < 1.29 is 8.42 Å². The van der Waals surface area contributed by atoms with Crippen molar-refractivity contribution in [3.05, 3.63) is 0 Å². The van der Waals surface area contributed by atoms with Crippen LogP contribution in [0, 0.1) is 0 Å². The standard InChI is InChI=1S/C11H24N2O2S2/c1-3-16-9-8-13-7-5-4-6-11(13)10-12-17(2,14)15/h11-12H,3-10H2,1-2H3/t11-/m0/s1. The van der Waals surface area contributed by atoms with Crippen molar-refractivity contribution >= 4 is 21.8 Å². The summed E-state index contributed by atoms with van der Waals surface area (Å²) in [5.74, 6) is 2.30. The van der Waals surface area contributed by atoms with Gasteiger partial charge in [0.1, 0.15) is 0 Å². The van der Waals surface area contributed by atoms with Crippen molar-refractivity contribution in [2.45, 2.75) is 32.2 Å². The molecule has 0 aromatic heterocycles. The van der Waals surface area contributed by atoms with Gasteiger partial charge >= 0.3 is 0 Å². The van der Waals surface area contributed by atoms with Crippen molar-refractivity contribution in [2.75, 3.05) is 37.4 Å². The van der Waals surface area contributed by atoms with Gasteiger partial charge in [-0.15, -0.1) is 0 Å². The normalized spacial score (nSPS) is 22.8. The van der Waals surface area contributed by atoms with Crippen molar-refractivity contribution in [3.8, 4) is 0 Å². The Hall–Kier alpha value is 0.220. The molecular weight excluding hydrogens is 256 g/mol. The maximum atomic E-state index is 11.1. The molecule has 0 unspecified atom stereocenters. The zero-order chi connectivity index (χ0) is 12.7. The third kappa shape index (κ3) is 6.64. The lowest BCUT2D eigenvalue weighted by molar-refractivity contribution is 0.160. The lowest BCUT2D eigenvalue weighted by atomic mass is 10.0. The van der Waals surface area contributed by atoms with Crippen LogP contribution in [0.2, 0.25) is 0 Å². The van der Waals surface area contributed by atoms with Crippen molar-refractivity contribution in [3.63, 3.8) is 0 Å². The highest BCUT2D eigenvalue weighted by Crippen LogP contribution is 2.17. The third-order valence-electron chi connectivity index (χ3n) is 3.06. The highest BCUT2D eigenvalue weighted by molar-refractivity contribution is 7.99. The van der Waals surface area contributed by atoms with Gasteiger partial charge in [-0.05, 0) is 25.1 Å². The number of rotatable bonds is 7. The van der Waals surface area contributed by atoms with Crippen LogP contribution in [0.1, 0.15) is 26.2 Å². The van der Waals surface area contributed by atoms with Crippen LogP contribution in [-0.2, 0) is 10.0 Å².